The quantitative estimate of drug-likeness (QED) is 0.175. The van der Waals surface area contributed by atoms with Gasteiger partial charge in [0.25, 0.3) is 5.91 Å². The number of carbonyl (C=O) groups excluding carboxylic acids is 2. The third-order valence-corrected chi connectivity index (χ3v) is 4.67. The number of amides is 1. The van der Waals surface area contributed by atoms with Crippen molar-refractivity contribution in [3.05, 3.63) is 83.7 Å². The average molecular weight is 484 g/mol. The van der Waals surface area contributed by atoms with E-state index in [0.29, 0.717) is 22.3 Å². The first-order valence-electron chi connectivity index (χ1n) is 10.0. The molecule has 0 saturated heterocycles. The number of hydrogen-bond acceptors (Lipinski definition) is 6. The fourth-order valence-corrected chi connectivity index (χ4v) is 2.95. The van der Waals surface area contributed by atoms with Crippen LogP contribution in [0.2, 0.25) is 0 Å². The van der Waals surface area contributed by atoms with E-state index in [4.69, 9.17) is 11.1 Å². The van der Waals surface area contributed by atoms with Crippen LogP contribution in [-0.2, 0) is 4.79 Å². The van der Waals surface area contributed by atoms with Gasteiger partial charge >= 0.3 is 12.1 Å². The van der Waals surface area contributed by atoms with Crippen LogP contribution in [0.1, 0.15) is 21.5 Å². The number of amidine groups is 1. The molecule has 0 spiro atoms. The zero-order chi connectivity index (χ0) is 25.6. The van der Waals surface area contributed by atoms with Crippen LogP contribution in [0.25, 0.3) is 17.2 Å². The van der Waals surface area contributed by atoms with Gasteiger partial charge in [0, 0.05) is 35.6 Å². The lowest BCUT2D eigenvalue weighted by Crippen LogP contribution is -2.30. The molecule has 8 nitrogen and oxygen atoms in total. The van der Waals surface area contributed by atoms with E-state index < -0.39 is 23.8 Å². The number of nitrogen functional groups attached to an aromatic ring is 1. The van der Waals surface area contributed by atoms with Crippen LogP contribution < -0.4 is 15.8 Å². The number of alkyl halides is 3. The summed E-state index contributed by atoms with van der Waals surface area (Å²) in [6.45, 7) is -0.0699. The lowest BCUT2D eigenvalue weighted by molar-refractivity contribution is -0.189. The molecule has 3 rings (SSSR count). The van der Waals surface area contributed by atoms with E-state index in [1.165, 1.54) is 54.9 Å². The van der Waals surface area contributed by atoms with Gasteiger partial charge in [0.15, 0.2) is 0 Å². The number of phenols is 1. The summed E-state index contributed by atoms with van der Waals surface area (Å²) < 4.78 is 42.8. The first-order valence-corrected chi connectivity index (χ1v) is 10.0. The second-order valence-corrected chi connectivity index (χ2v) is 7.14. The maximum atomic E-state index is 12.8. The van der Waals surface area contributed by atoms with Gasteiger partial charge in [0.2, 0.25) is 0 Å². The number of rotatable bonds is 7. The highest BCUT2D eigenvalue weighted by molar-refractivity contribution is 5.99. The molecular weight excluding hydrogens is 465 g/mol. The van der Waals surface area contributed by atoms with E-state index in [1.807, 2.05) is 0 Å². The second kappa shape index (κ2) is 10.5. The molecule has 11 heteroatoms. The van der Waals surface area contributed by atoms with Crippen molar-refractivity contribution in [2.75, 3.05) is 6.54 Å². The van der Waals surface area contributed by atoms with Crippen LogP contribution >= 0.6 is 0 Å². The van der Waals surface area contributed by atoms with Crippen LogP contribution in [0, 0.1) is 5.41 Å². The number of esters is 1. The SMILES string of the molecule is N=C(N)c1ccc(O)c(/C=C/CNC(=O)c2ccc(-c3cccnc3)cc2OC(=O)C(F)(F)F)c1. The van der Waals surface area contributed by atoms with Crippen LogP contribution in [0.4, 0.5) is 13.2 Å². The van der Waals surface area contributed by atoms with E-state index in [2.05, 4.69) is 15.0 Å². The maximum absolute atomic E-state index is 12.8. The summed E-state index contributed by atoms with van der Waals surface area (Å²) in [6.07, 6.45) is 0.670. The van der Waals surface area contributed by atoms with Gasteiger partial charge in [0.05, 0.1) is 5.56 Å². The van der Waals surface area contributed by atoms with Gasteiger partial charge in [-0.25, -0.2) is 4.79 Å². The number of phenolic OH excluding ortho intramolecular Hbond substituents is 1. The summed E-state index contributed by atoms with van der Waals surface area (Å²) in [5.74, 6) is -4.09. The standard InChI is InChI=1S/C24H19F3N4O4/c25-24(26,27)23(34)35-20-12-14(17-4-1-9-30-13-17)5-7-18(20)22(33)31-10-2-3-15-11-16(21(28)29)6-8-19(15)32/h1-9,11-13,32H,10H2,(H3,28,29)(H,31,33)/b3-2+. The van der Waals surface area contributed by atoms with Crippen molar-refractivity contribution in [2.24, 2.45) is 5.73 Å². The fourth-order valence-electron chi connectivity index (χ4n) is 2.95. The summed E-state index contributed by atoms with van der Waals surface area (Å²) in [5, 5.41) is 19.8. The van der Waals surface area contributed by atoms with Crippen molar-refractivity contribution >= 4 is 23.8 Å². The molecule has 1 aromatic heterocycles. The van der Waals surface area contributed by atoms with Gasteiger partial charge in [-0.1, -0.05) is 24.3 Å². The minimum atomic E-state index is -5.25. The Labute approximate surface area is 197 Å². The number of halogens is 3. The minimum absolute atomic E-state index is 0.0699. The molecule has 0 aliphatic heterocycles. The van der Waals surface area contributed by atoms with Crippen molar-refractivity contribution in [3.63, 3.8) is 0 Å². The van der Waals surface area contributed by atoms with Gasteiger partial charge in [-0.3, -0.25) is 15.2 Å². The Morgan fingerprint density at radius 3 is 2.57 bits per heavy atom. The van der Waals surface area contributed by atoms with Crippen molar-refractivity contribution < 1.29 is 32.6 Å². The summed E-state index contributed by atoms with van der Waals surface area (Å²) in [7, 11) is 0. The highest BCUT2D eigenvalue weighted by Gasteiger charge is 2.42. The summed E-state index contributed by atoms with van der Waals surface area (Å²) in [4.78, 5) is 28.0. The van der Waals surface area contributed by atoms with Gasteiger partial charge in [-0.05, 0) is 42.0 Å². The summed E-state index contributed by atoms with van der Waals surface area (Å²) in [5.41, 5.74) is 6.79. The molecule has 1 amide bonds. The number of pyridine rings is 1. The van der Waals surface area contributed by atoms with Crippen molar-refractivity contribution in [2.45, 2.75) is 6.18 Å². The fraction of sp³-hybridized carbons (Fsp3) is 0.0833. The van der Waals surface area contributed by atoms with Gasteiger partial charge < -0.3 is 20.9 Å². The molecule has 3 aromatic rings. The number of hydrogen-bond donors (Lipinski definition) is 4. The highest BCUT2D eigenvalue weighted by Crippen LogP contribution is 2.29. The minimum Gasteiger partial charge on any atom is -0.507 e. The number of aromatic nitrogens is 1. The van der Waals surface area contributed by atoms with Gasteiger partial charge in [-0.15, -0.1) is 0 Å². The third-order valence-electron chi connectivity index (χ3n) is 4.67. The largest absolute Gasteiger partial charge is 0.507 e. The van der Waals surface area contributed by atoms with Gasteiger partial charge in [0.1, 0.15) is 17.3 Å². The van der Waals surface area contributed by atoms with Crippen LogP contribution in [0.15, 0.2) is 67.0 Å². The van der Waals surface area contributed by atoms with Crippen LogP contribution in [0.3, 0.4) is 0 Å². The Balaban J connectivity index is 1.80. The number of ether oxygens (including phenoxy) is 1. The summed E-state index contributed by atoms with van der Waals surface area (Å²) >= 11 is 0. The molecule has 5 N–H and O–H groups in total. The van der Waals surface area contributed by atoms with Crippen LogP contribution in [0.5, 0.6) is 11.5 Å². The van der Waals surface area contributed by atoms with Crippen LogP contribution in [-0.4, -0.2) is 40.5 Å². The van der Waals surface area contributed by atoms with E-state index in [9.17, 15) is 27.9 Å². The third kappa shape index (κ3) is 6.44. The van der Waals surface area contributed by atoms with E-state index in [1.54, 1.807) is 12.1 Å². The Kier molecular flexibility index (Phi) is 7.49. The normalized spacial score (nSPS) is 11.3. The van der Waals surface area contributed by atoms with E-state index in [0.717, 1.165) is 6.07 Å². The van der Waals surface area contributed by atoms with E-state index in [-0.39, 0.29) is 23.7 Å². The monoisotopic (exact) mass is 484 g/mol. The van der Waals surface area contributed by atoms with Crippen molar-refractivity contribution in [1.82, 2.24) is 10.3 Å². The first kappa shape index (κ1) is 25.0. The molecule has 180 valence electrons. The smallest absolute Gasteiger partial charge is 0.491 e. The average Bonchev–Trinajstić information content (AvgIpc) is 2.82. The zero-order valence-corrected chi connectivity index (χ0v) is 18.0. The zero-order valence-electron chi connectivity index (χ0n) is 18.0. The molecule has 0 unspecified atom stereocenters. The molecular formula is C24H19F3N4O4. The molecule has 35 heavy (non-hydrogen) atoms. The summed E-state index contributed by atoms with van der Waals surface area (Å²) in [6, 6.07) is 11.4. The Bertz CT molecular complexity index is 1290. The Morgan fingerprint density at radius 1 is 1.14 bits per heavy atom. The Morgan fingerprint density at radius 2 is 1.91 bits per heavy atom. The van der Waals surface area contributed by atoms with Crippen molar-refractivity contribution in [3.8, 4) is 22.6 Å². The number of nitrogens with two attached hydrogens (primary N) is 1. The molecule has 0 atom stereocenters. The van der Waals surface area contributed by atoms with Gasteiger partial charge in [-0.2, -0.15) is 13.2 Å². The predicted molar refractivity (Wildman–Crippen MR) is 122 cm³/mol. The number of carbonyl (C=O) groups is 2. The maximum Gasteiger partial charge on any atom is 0.491 e. The topological polar surface area (TPSA) is 138 Å². The van der Waals surface area contributed by atoms with Crippen molar-refractivity contribution in [1.29, 1.82) is 5.41 Å². The first-order chi connectivity index (χ1) is 16.6. The molecule has 0 fully saturated rings. The molecule has 2 aromatic carbocycles. The number of benzene rings is 2. The second-order valence-electron chi connectivity index (χ2n) is 7.14. The molecule has 0 saturated carbocycles. The molecule has 0 aliphatic carbocycles. The lowest BCUT2D eigenvalue weighted by atomic mass is 10.0. The van der Waals surface area contributed by atoms with E-state index >= 15 is 0 Å². The number of aromatic hydroxyl groups is 1. The lowest BCUT2D eigenvalue weighted by Gasteiger charge is -2.13. The Hall–Kier alpha value is -4.67. The predicted octanol–water partition coefficient (Wildman–Crippen LogP) is 3.65. The molecule has 0 aliphatic rings. The molecule has 0 bridgehead atoms. The highest BCUT2D eigenvalue weighted by atomic mass is 19.4. The molecule has 1 heterocycles. The molecule has 0 radical (unpaired) electrons. The number of nitrogens with zero attached hydrogens (tertiary/aromatic N) is 1. The number of nitrogens with one attached hydrogen (secondary N) is 2.